The van der Waals surface area contributed by atoms with E-state index in [0.717, 1.165) is 0 Å². The number of ether oxygens (including phenoxy) is 1. The molecule has 0 heterocycles. The topological polar surface area (TPSA) is 43.4 Å². The zero-order valence-corrected chi connectivity index (χ0v) is 8.33. The molecule has 0 aliphatic rings. The largest absolute Gasteiger partial charge is 0.426 e. The third-order valence-corrected chi connectivity index (χ3v) is 1.88. The molecule has 0 spiro atoms. The molecule has 1 aromatic rings. The van der Waals surface area contributed by atoms with Gasteiger partial charge in [0, 0.05) is 0 Å². The molecule has 0 aliphatic carbocycles. The van der Waals surface area contributed by atoms with Gasteiger partial charge in [0.1, 0.15) is 24.3 Å². The first-order valence-electron chi connectivity index (χ1n) is 4.60. The highest BCUT2D eigenvalue weighted by Crippen LogP contribution is 2.17. The Hall–Kier alpha value is -1.71. The molecule has 3 nitrogen and oxygen atoms in total. The molecule has 15 heavy (non-hydrogen) atoms. The van der Waals surface area contributed by atoms with Crippen molar-refractivity contribution in [3.05, 3.63) is 29.6 Å². The molecule has 0 saturated heterocycles. The van der Waals surface area contributed by atoms with Gasteiger partial charge in [-0.3, -0.25) is 4.79 Å². The minimum atomic E-state index is -0.640. The second kappa shape index (κ2) is 5.24. The van der Waals surface area contributed by atoms with Crippen LogP contribution in [0.2, 0.25) is 0 Å². The average Bonchev–Trinajstić information content (AvgIpc) is 2.21. The van der Waals surface area contributed by atoms with Crippen LogP contribution in [0.15, 0.2) is 18.2 Å². The maximum absolute atomic E-state index is 13.1. The second-order valence-electron chi connectivity index (χ2n) is 2.95. The minimum absolute atomic E-state index is 0.264. The van der Waals surface area contributed by atoms with Crippen molar-refractivity contribution in [2.24, 2.45) is 0 Å². The van der Waals surface area contributed by atoms with Gasteiger partial charge < -0.3 is 9.53 Å². The normalized spacial score (nSPS) is 9.73. The van der Waals surface area contributed by atoms with Gasteiger partial charge in [-0.05, 0) is 30.2 Å². The molecule has 0 N–H and O–H groups in total. The van der Waals surface area contributed by atoms with Crippen LogP contribution >= 0.6 is 0 Å². The zero-order chi connectivity index (χ0) is 11.3. The third-order valence-electron chi connectivity index (χ3n) is 1.88. The van der Waals surface area contributed by atoms with Crippen LogP contribution in [0.5, 0.6) is 5.75 Å². The molecule has 0 saturated carbocycles. The van der Waals surface area contributed by atoms with Crippen molar-refractivity contribution in [2.45, 2.75) is 19.8 Å². The summed E-state index contributed by atoms with van der Waals surface area (Å²) in [7, 11) is 0. The van der Waals surface area contributed by atoms with Crippen molar-refractivity contribution in [3.63, 3.8) is 0 Å². The smallest absolute Gasteiger partial charge is 0.318 e. The van der Waals surface area contributed by atoms with E-state index in [0.29, 0.717) is 18.3 Å². The molecule has 0 bridgehead atoms. The lowest BCUT2D eigenvalue weighted by Crippen LogP contribution is -2.08. The zero-order valence-electron chi connectivity index (χ0n) is 8.33. The number of hydrogen-bond acceptors (Lipinski definition) is 3. The van der Waals surface area contributed by atoms with Crippen LogP contribution < -0.4 is 4.74 Å². The predicted molar refractivity (Wildman–Crippen MR) is 52.1 cm³/mol. The number of aryl methyl sites for hydroxylation is 1. The van der Waals surface area contributed by atoms with Crippen LogP contribution in [0.4, 0.5) is 4.39 Å². The van der Waals surface area contributed by atoms with E-state index in [4.69, 9.17) is 4.74 Å². The van der Waals surface area contributed by atoms with E-state index in [2.05, 4.69) is 0 Å². The van der Waals surface area contributed by atoms with E-state index in [1.807, 2.05) is 0 Å². The molecule has 0 aliphatic heterocycles. The van der Waals surface area contributed by atoms with Crippen molar-refractivity contribution in [2.75, 3.05) is 0 Å². The molecular formula is C11H11FO3. The average molecular weight is 210 g/mol. The summed E-state index contributed by atoms with van der Waals surface area (Å²) in [5, 5.41) is 0. The SMILES string of the molecule is CCc1cc(OC(=O)CC=O)ccc1F. The van der Waals surface area contributed by atoms with Gasteiger partial charge in [-0.15, -0.1) is 0 Å². The number of hydrogen-bond donors (Lipinski definition) is 0. The molecule has 0 radical (unpaired) electrons. The maximum atomic E-state index is 13.1. The van der Waals surface area contributed by atoms with Crippen molar-refractivity contribution in [3.8, 4) is 5.75 Å². The third kappa shape index (κ3) is 3.16. The summed E-state index contributed by atoms with van der Waals surface area (Å²) in [6, 6.07) is 4.05. The van der Waals surface area contributed by atoms with Gasteiger partial charge in [0.15, 0.2) is 0 Å². The molecule has 0 atom stereocenters. The van der Waals surface area contributed by atoms with Crippen LogP contribution in [0.3, 0.4) is 0 Å². The summed E-state index contributed by atoms with van der Waals surface area (Å²) in [5.74, 6) is -0.702. The second-order valence-corrected chi connectivity index (χ2v) is 2.95. The van der Waals surface area contributed by atoms with Crippen LogP contribution in [0.25, 0.3) is 0 Å². The lowest BCUT2D eigenvalue weighted by Gasteiger charge is -2.04. The molecule has 0 amide bonds. The summed E-state index contributed by atoms with van der Waals surface area (Å²) < 4.78 is 17.9. The Balaban J connectivity index is 2.78. The number of aldehydes is 1. The fourth-order valence-electron chi connectivity index (χ4n) is 1.13. The lowest BCUT2D eigenvalue weighted by molar-refractivity contribution is -0.135. The molecule has 0 fully saturated rings. The van der Waals surface area contributed by atoms with E-state index >= 15 is 0 Å². The van der Waals surface area contributed by atoms with Gasteiger partial charge in [-0.2, -0.15) is 0 Å². The van der Waals surface area contributed by atoms with Gasteiger partial charge in [-0.1, -0.05) is 6.92 Å². The molecule has 1 rings (SSSR count). The Morgan fingerprint density at radius 3 is 2.87 bits per heavy atom. The minimum Gasteiger partial charge on any atom is -0.426 e. The molecular weight excluding hydrogens is 199 g/mol. The Labute approximate surface area is 86.9 Å². The summed E-state index contributed by atoms with van der Waals surface area (Å²) in [6.07, 6.45) is 0.691. The predicted octanol–water partition coefficient (Wildman–Crippen LogP) is 1.88. The highest BCUT2D eigenvalue weighted by atomic mass is 19.1. The van der Waals surface area contributed by atoms with Gasteiger partial charge in [0.05, 0.1) is 0 Å². The summed E-state index contributed by atoms with van der Waals surface area (Å²) in [5.41, 5.74) is 0.478. The van der Waals surface area contributed by atoms with Gasteiger partial charge in [-0.25, -0.2) is 4.39 Å². The molecule has 4 heteroatoms. The Morgan fingerprint density at radius 2 is 2.27 bits per heavy atom. The van der Waals surface area contributed by atoms with Gasteiger partial charge in [0.25, 0.3) is 0 Å². The van der Waals surface area contributed by atoms with Gasteiger partial charge in [0.2, 0.25) is 0 Å². The number of esters is 1. The Kier molecular flexibility index (Phi) is 3.97. The highest BCUT2D eigenvalue weighted by molar-refractivity contribution is 5.85. The first-order chi connectivity index (χ1) is 7.17. The summed E-state index contributed by atoms with van der Waals surface area (Å²) >= 11 is 0. The standard InChI is InChI=1S/C11H11FO3/c1-2-8-7-9(3-4-10(8)12)15-11(14)5-6-13/h3-4,6-7H,2,5H2,1H3. The van der Waals surface area contributed by atoms with Crippen LogP contribution in [-0.2, 0) is 16.0 Å². The number of halogens is 1. The maximum Gasteiger partial charge on any atom is 0.318 e. The molecule has 1 aromatic carbocycles. The van der Waals surface area contributed by atoms with Crippen molar-refractivity contribution < 1.29 is 18.7 Å². The fourth-order valence-corrected chi connectivity index (χ4v) is 1.13. The van der Waals surface area contributed by atoms with Crippen LogP contribution in [0, 0.1) is 5.82 Å². The first kappa shape index (κ1) is 11.4. The monoisotopic (exact) mass is 210 g/mol. The van der Waals surface area contributed by atoms with E-state index < -0.39 is 5.97 Å². The van der Waals surface area contributed by atoms with Crippen LogP contribution in [-0.4, -0.2) is 12.3 Å². The molecule has 0 aromatic heterocycles. The lowest BCUT2D eigenvalue weighted by atomic mass is 10.1. The quantitative estimate of drug-likeness (QED) is 0.330. The van der Waals surface area contributed by atoms with Crippen molar-refractivity contribution >= 4 is 12.3 Å². The number of carbonyl (C=O) groups excluding carboxylic acids is 2. The molecule has 0 unspecified atom stereocenters. The van der Waals surface area contributed by atoms with Crippen LogP contribution in [0.1, 0.15) is 18.9 Å². The number of carbonyl (C=O) groups is 2. The Morgan fingerprint density at radius 1 is 1.53 bits per heavy atom. The fraction of sp³-hybridized carbons (Fsp3) is 0.273. The van der Waals surface area contributed by atoms with E-state index in [1.165, 1.54) is 18.2 Å². The van der Waals surface area contributed by atoms with E-state index in [9.17, 15) is 14.0 Å². The van der Waals surface area contributed by atoms with Crippen molar-refractivity contribution in [1.82, 2.24) is 0 Å². The number of benzene rings is 1. The Bertz CT molecular complexity index is 374. The summed E-state index contributed by atoms with van der Waals surface area (Å²) in [4.78, 5) is 21.0. The van der Waals surface area contributed by atoms with E-state index in [1.54, 1.807) is 6.92 Å². The highest BCUT2D eigenvalue weighted by Gasteiger charge is 2.06. The van der Waals surface area contributed by atoms with E-state index in [-0.39, 0.29) is 18.0 Å². The first-order valence-corrected chi connectivity index (χ1v) is 4.60. The van der Waals surface area contributed by atoms with Gasteiger partial charge >= 0.3 is 5.97 Å². The molecule has 80 valence electrons. The summed E-state index contributed by atoms with van der Waals surface area (Å²) in [6.45, 7) is 1.80. The number of rotatable bonds is 4. The van der Waals surface area contributed by atoms with Crippen molar-refractivity contribution in [1.29, 1.82) is 0 Å².